The maximum Gasteiger partial charge on any atom is 0.227 e. The Hall–Kier alpha value is -2.24. The summed E-state index contributed by atoms with van der Waals surface area (Å²) in [6, 6.07) is 12.4. The van der Waals surface area contributed by atoms with Crippen LogP contribution in [0.1, 0.15) is 28.2 Å². The van der Waals surface area contributed by atoms with Gasteiger partial charge in [0.2, 0.25) is 5.91 Å². The zero-order chi connectivity index (χ0) is 17.1. The summed E-state index contributed by atoms with van der Waals surface area (Å²) in [5.41, 5.74) is 9.36. The molecule has 0 radical (unpaired) electrons. The molecule has 0 aliphatic heterocycles. The second-order valence-electron chi connectivity index (χ2n) is 6.24. The highest BCUT2D eigenvalue weighted by Gasteiger charge is 2.35. The first-order valence-electron chi connectivity index (χ1n) is 8.09. The molecule has 0 fully saturated rings. The van der Waals surface area contributed by atoms with Crippen LogP contribution in [-0.4, -0.2) is 23.7 Å². The average Bonchev–Trinajstić information content (AvgIpc) is 2.88. The van der Waals surface area contributed by atoms with Crippen LogP contribution in [0.2, 0.25) is 0 Å². The largest absolute Gasteiger partial charge is 0.392 e. The van der Waals surface area contributed by atoms with E-state index in [0.717, 1.165) is 35.2 Å². The van der Waals surface area contributed by atoms with E-state index < -0.39 is 17.9 Å². The molecule has 5 heteroatoms. The van der Waals surface area contributed by atoms with E-state index in [1.54, 1.807) is 12.1 Å². The van der Waals surface area contributed by atoms with E-state index in [-0.39, 0.29) is 5.82 Å². The van der Waals surface area contributed by atoms with Crippen LogP contribution < -0.4 is 11.1 Å². The molecule has 0 spiro atoms. The Morgan fingerprint density at radius 3 is 2.62 bits per heavy atom. The van der Waals surface area contributed by atoms with Crippen LogP contribution in [0.3, 0.4) is 0 Å². The van der Waals surface area contributed by atoms with Crippen molar-refractivity contribution in [3.8, 4) is 0 Å². The number of aliphatic hydroxyl groups excluding tert-OH is 1. The van der Waals surface area contributed by atoms with Gasteiger partial charge in [-0.1, -0.05) is 30.3 Å². The molecule has 1 aliphatic rings. The monoisotopic (exact) mass is 328 g/mol. The highest BCUT2D eigenvalue weighted by atomic mass is 19.1. The van der Waals surface area contributed by atoms with Crippen molar-refractivity contribution in [1.29, 1.82) is 0 Å². The summed E-state index contributed by atoms with van der Waals surface area (Å²) < 4.78 is 12.9. The number of amides is 1. The lowest BCUT2D eigenvalue weighted by Crippen LogP contribution is -2.28. The molecule has 0 bridgehead atoms. The number of benzene rings is 2. The molecule has 4 nitrogen and oxygen atoms in total. The van der Waals surface area contributed by atoms with E-state index in [0.29, 0.717) is 13.0 Å². The number of rotatable bonds is 6. The molecule has 24 heavy (non-hydrogen) atoms. The second-order valence-corrected chi connectivity index (χ2v) is 6.24. The van der Waals surface area contributed by atoms with Gasteiger partial charge in [0.25, 0.3) is 0 Å². The van der Waals surface area contributed by atoms with Crippen molar-refractivity contribution in [2.24, 2.45) is 5.73 Å². The molecular formula is C19H21FN2O2. The molecule has 1 amide bonds. The first-order valence-corrected chi connectivity index (χ1v) is 8.09. The van der Waals surface area contributed by atoms with Gasteiger partial charge in [0.15, 0.2) is 0 Å². The summed E-state index contributed by atoms with van der Waals surface area (Å²) in [6.07, 6.45) is 0.564. The molecule has 4 N–H and O–H groups in total. The van der Waals surface area contributed by atoms with Crippen LogP contribution in [-0.2, 0) is 24.2 Å². The molecule has 2 aromatic carbocycles. The minimum atomic E-state index is -0.723. The summed E-state index contributed by atoms with van der Waals surface area (Å²) in [7, 11) is 0. The fourth-order valence-corrected chi connectivity index (χ4v) is 3.24. The van der Waals surface area contributed by atoms with E-state index in [2.05, 4.69) is 5.32 Å². The zero-order valence-electron chi connectivity index (χ0n) is 13.3. The van der Waals surface area contributed by atoms with Crippen LogP contribution in [0, 0.1) is 5.82 Å². The standard InChI is InChI=1S/C19H21FN2O2/c20-15-5-2-12(3-6-15)7-8-22-11-13-1-4-14-10-17(23)18(19(21)24)16(14)9-13/h1-6,9,17-18,22-23H,7-8,10-11H2,(H2,21,24)/t17-,18-/m1/s1. The van der Waals surface area contributed by atoms with Gasteiger partial charge in [-0.05, 0) is 53.8 Å². The first kappa shape index (κ1) is 16.6. The van der Waals surface area contributed by atoms with Crippen LogP contribution >= 0.6 is 0 Å². The molecule has 126 valence electrons. The topological polar surface area (TPSA) is 75.4 Å². The molecular weight excluding hydrogens is 307 g/mol. The van der Waals surface area contributed by atoms with Gasteiger partial charge in [0, 0.05) is 6.54 Å². The van der Waals surface area contributed by atoms with Crippen LogP contribution in [0.15, 0.2) is 42.5 Å². The van der Waals surface area contributed by atoms with Crippen molar-refractivity contribution in [2.45, 2.75) is 31.4 Å². The summed E-state index contributed by atoms with van der Waals surface area (Å²) in [4.78, 5) is 11.5. The number of nitrogens with one attached hydrogen (secondary N) is 1. The van der Waals surface area contributed by atoms with Gasteiger partial charge in [-0.2, -0.15) is 0 Å². The normalized spacial score (nSPS) is 19.2. The molecule has 0 saturated heterocycles. The molecule has 3 rings (SSSR count). The Kier molecular flexibility index (Phi) is 4.92. The highest BCUT2D eigenvalue weighted by Crippen LogP contribution is 2.33. The van der Waals surface area contributed by atoms with Gasteiger partial charge in [-0.3, -0.25) is 4.79 Å². The molecule has 2 atom stereocenters. The molecule has 2 aromatic rings. The third kappa shape index (κ3) is 3.63. The maximum absolute atomic E-state index is 12.9. The third-order valence-electron chi connectivity index (χ3n) is 4.50. The number of primary amides is 1. The average molecular weight is 328 g/mol. The van der Waals surface area contributed by atoms with Gasteiger partial charge in [-0.15, -0.1) is 0 Å². The number of carbonyl (C=O) groups is 1. The SMILES string of the molecule is NC(=O)[C@@H]1c2cc(CNCCc3ccc(F)cc3)ccc2C[C@H]1O. The molecule has 0 saturated carbocycles. The highest BCUT2D eigenvalue weighted by molar-refractivity contribution is 5.84. The van der Waals surface area contributed by atoms with Crippen molar-refractivity contribution in [3.05, 3.63) is 70.5 Å². The fourth-order valence-electron chi connectivity index (χ4n) is 3.24. The van der Waals surface area contributed by atoms with E-state index in [4.69, 9.17) is 5.73 Å². The first-order chi connectivity index (χ1) is 11.5. The van der Waals surface area contributed by atoms with Crippen molar-refractivity contribution in [2.75, 3.05) is 6.54 Å². The number of hydrogen-bond donors (Lipinski definition) is 3. The summed E-state index contributed by atoms with van der Waals surface area (Å²) in [6.45, 7) is 1.43. The number of carbonyl (C=O) groups excluding carboxylic acids is 1. The van der Waals surface area contributed by atoms with Crippen molar-refractivity contribution in [1.82, 2.24) is 5.32 Å². The second kappa shape index (κ2) is 7.11. The molecule has 0 aromatic heterocycles. The van der Waals surface area contributed by atoms with Gasteiger partial charge >= 0.3 is 0 Å². The van der Waals surface area contributed by atoms with Gasteiger partial charge in [0.05, 0.1) is 12.0 Å². The van der Waals surface area contributed by atoms with E-state index in [9.17, 15) is 14.3 Å². The predicted octanol–water partition coefficient (Wildman–Crippen LogP) is 1.64. The van der Waals surface area contributed by atoms with Gasteiger partial charge in [-0.25, -0.2) is 4.39 Å². The van der Waals surface area contributed by atoms with E-state index in [1.165, 1.54) is 12.1 Å². The summed E-state index contributed by atoms with van der Waals surface area (Å²) in [5, 5.41) is 13.3. The van der Waals surface area contributed by atoms with E-state index >= 15 is 0 Å². The number of halogens is 1. The molecule has 1 aliphatic carbocycles. The van der Waals surface area contributed by atoms with E-state index in [1.807, 2.05) is 18.2 Å². The minimum absolute atomic E-state index is 0.226. The van der Waals surface area contributed by atoms with Crippen molar-refractivity contribution < 1.29 is 14.3 Å². The smallest absolute Gasteiger partial charge is 0.227 e. The number of nitrogens with two attached hydrogens (primary N) is 1. The maximum atomic E-state index is 12.9. The lowest BCUT2D eigenvalue weighted by atomic mass is 9.97. The quantitative estimate of drug-likeness (QED) is 0.706. The number of hydrogen-bond acceptors (Lipinski definition) is 3. The molecule has 0 heterocycles. The zero-order valence-corrected chi connectivity index (χ0v) is 13.3. The predicted molar refractivity (Wildman–Crippen MR) is 89.9 cm³/mol. The number of aliphatic hydroxyl groups is 1. The summed E-state index contributed by atoms with van der Waals surface area (Å²) in [5.74, 6) is -1.32. The Labute approximate surface area is 140 Å². The van der Waals surface area contributed by atoms with Crippen LogP contribution in [0.4, 0.5) is 4.39 Å². The fraction of sp³-hybridized carbons (Fsp3) is 0.316. The lowest BCUT2D eigenvalue weighted by Gasteiger charge is -2.12. The van der Waals surface area contributed by atoms with Crippen molar-refractivity contribution in [3.63, 3.8) is 0 Å². The lowest BCUT2D eigenvalue weighted by molar-refractivity contribution is -0.121. The van der Waals surface area contributed by atoms with Crippen LogP contribution in [0.25, 0.3) is 0 Å². The van der Waals surface area contributed by atoms with Crippen molar-refractivity contribution >= 4 is 5.91 Å². The summed E-state index contributed by atoms with van der Waals surface area (Å²) >= 11 is 0. The Balaban J connectivity index is 1.57. The Bertz CT molecular complexity index is 731. The Morgan fingerprint density at radius 1 is 1.21 bits per heavy atom. The molecule has 0 unspecified atom stereocenters. The third-order valence-corrected chi connectivity index (χ3v) is 4.50. The van der Waals surface area contributed by atoms with Crippen LogP contribution in [0.5, 0.6) is 0 Å². The van der Waals surface area contributed by atoms with Gasteiger partial charge < -0.3 is 16.2 Å². The minimum Gasteiger partial charge on any atom is -0.392 e. The Morgan fingerprint density at radius 2 is 1.92 bits per heavy atom. The van der Waals surface area contributed by atoms with Gasteiger partial charge in [0.1, 0.15) is 5.82 Å². The number of fused-ring (bicyclic) bond motifs is 1.